The van der Waals surface area contributed by atoms with Crippen LogP contribution in [-0.4, -0.2) is 57.3 Å². The standard InChI is InChI=1S/C14H23N3O4/c1-16(6-7-20-2)5-4-15-11-12-8-13(17(18)19)10-14(9-12)21-3/h8-10,15H,4-7,11H2,1-3H3. The summed E-state index contributed by atoms with van der Waals surface area (Å²) in [5.41, 5.74) is 0.879. The van der Waals surface area contributed by atoms with Gasteiger partial charge in [-0.25, -0.2) is 0 Å². The number of ether oxygens (including phenoxy) is 2. The van der Waals surface area contributed by atoms with Gasteiger partial charge in [-0.05, 0) is 18.7 Å². The molecule has 0 saturated heterocycles. The van der Waals surface area contributed by atoms with Gasteiger partial charge in [-0.15, -0.1) is 0 Å². The molecule has 1 aromatic carbocycles. The van der Waals surface area contributed by atoms with Crippen LogP contribution in [0.1, 0.15) is 5.56 Å². The number of hydrogen-bond acceptors (Lipinski definition) is 6. The van der Waals surface area contributed by atoms with Crippen molar-refractivity contribution in [2.45, 2.75) is 6.54 Å². The summed E-state index contributed by atoms with van der Waals surface area (Å²) in [5.74, 6) is 0.498. The molecule has 0 atom stereocenters. The van der Waals surface area contributed by atoms with E-state index in [0.29, 0.717) is 18.9 Å². The first-order valence-electron chi connectivity index (χ1n) is 6.77. The van der Waals surface area contributed by atoms with Crippen molar-refractivity contribution in [3.05, 3.63) is 33.9 Å². The minimum atomic E-state index is -0.412. The van der Waals surface area contributed by atoms with Gasteiger partial charge in [0, 0.05) is 39.4 Å². The van der Waals surface area contributed by atoms with Gasteiger partial charge in [0.05, 0.1) is 24.7 Å². The van der Waals surface area contributed by atoms with Crippen LogP contribution in [0.15, 0.2) is 18.2 Å². The Morgan fingerprint density at radius 2 is 2.05 bits per heavy atom. The summed E-state index contributed by atoms with van der Waals surface area (Å²) in [6.07, 6.45) is 0. The first-order valence-corrected chi connectivity index (χ1v) is 6.77. The number of nitro groups is 1. The number of nitrogens with zero attached hydrogens (tertiary/aromatic N) is 2. The van der Waals surface area contributed by atoms with Gasteiger partial charge in [-0.2, -0.15) is 0 Å². The van der Waals surface area contributed by atoms with E-state index in [-0.39, 0.29) is 5.69 Å². The summed E-state index contributed by atoms with van der Waals surface area (Å²) in [6, 6.07) is 4.78. The maximum absolute atomic E-state index is 10.9. The van der Waals surface area contributed by atoms with Gasteiger partial charge >= 0.3 is 0 Å². The van der Waals surface area contributed by atoms with Gasteiger partial charge in [0.1, 0.15) is 5.75 Å². The monoisotopic (exact) mass is 297 g/mol. The Kier molecular flexibility index (Phi) is 7.66. The van der Waals surface area contributed by atoms with Crippen LogP contribution < -0.4 is 10.1 Å². The maximum Gasteiger partial charge on any atom is 0.273 e. The smallest absolute Gasteiger partial charge is 0.273 e. The van der Waals surface area contributed by atoms with Crippen molar-refractivity contribution in [2.24, 2.45) is 0 Å². The number of benzene rings is 1. The van der Waals surface area contributed by atoms with Crippen LogP contribution in [0.25, 0.3) is 0 Å². The fraction of sp³-hybridized carbons (Fsp3) is 0.571. The zero-order chi connectivity index (χ0) is 15.7. The molecule has 1 rings (SSSR count). The highest BCUT2D eigenvalue weighted by atomic mass is 16.6. The van der Waals surface area contributed by atoms with Gasteiger partial charge in [-0.3, -0.25) is 10.1 Å². The Labute approximate surface area is 125 Å². The normalized spacial score (nSPS) is 10.9. The third kappa shape index (κ3) is 6.52. The summed E-state index contributed by atoms with van der Waals surface area (Å²) in [7, 11) is 5.21. The molecule has 0 aliphatic rings. The van der Waals surface area contributed by atoms with E-state index >= 15 is 0 Å². The van der Waals surface area contributed by atoms with Crippen molar-refractivity contribution < 1.29 is 14.4 Å². The molecule has 1 aromatic rings. The fourth-order valence-corrected chi connectivity index (χ4v) is 1.83. The molecule has 0 bridgehead atoms. The lowest BCUT2D eigenvalue weighted by molar-refractivity contribution is -0.385. The van der Waals surface area contributed by atoms with Gasteiger partial charge in [0.2, 0.25) is 0 Å². The zero-order valence-electron chi connectivity index (χ0n) is 12.8. The zero-order valence-corrected chi connectivity index (χ0v) is 12.8. The largest absolute Gasteiger partial charge is 0.496 e. The SMILES string of the molecule is COCCN(C)CCNCc1cc(OC)cc([N+](=O)[O-])c1. The molecule has 7 nitrogen and oxygen atoms in total. The summed E-state index contributed by atoms with van der Waals surface area (Å²) in [4.78, 5) is 12.6. The number of nitrogens with one attached hydrogen (secondary N) is 1. The van der Waals surface area contributed by atoms with Crippen LogP contribution >= 0.6 is 0 Å². The van der Waals surface area contributed by atoms with Crippen molar-refractivity contribution in [3.8, 4) is 5.75 Å². The second-order valence-electron chi connectivity index (χ2n) is 4.77. The predicted molar refractivity (Wildman–Crippen MR) is 80.7 cm³/mol. The van der Waals surface area contributed by atoms with Crippen molar-refractivity contribution >= 4 is 5.69 Å². The third-order valence-electron chi connectivity index (χ3n) is 3.07. The highest BCUT2D eigenvalue weighted by Crippen LogP contribution is 2.22. The van der Waals surface area contributed by atoms with Crippen LogP contribution in [0.5, 0.6) is 5.75 Å². The third-order valence-corrected chi connectivity index (χ3v) is 3.07. The summed E-state index contributed by atoms with van der Waals surface area (Å²) in [6.45, 7) is 3.83. The molecule has 0 aromatic heterocycles. The molecule has 21 heavy (non-hydrogen) atoms. The molecule has 0 spiro atoms. The number of likely N-dealkylation sites (N-methyl/N-ethyl adjacent to an activating group) is 1. The van der Waals surface area contributed by atoms with E-state index in [9.17, 15) is 10.1 Å². The Morgan fingerprint density at radius 3 is 2.67 bits per heavy atom. The Morgan fingerprint density at radius 1 is 1.29 bits per heavy atom. The highest BCUT2D eigenvalue weighted by molar-refractivity contribution is 5.42. The van der Waals surface area contributed by atoms with Crippen molar-refractivity contribution in [1.29, 1.82) is 0 Å². The minimum Gasteiger partial charge on any atom is -0.496 e. The number of non-ortho nitro benzene ring substituents is 1. The second-order valence-corrected chi connectivity index (χ2v) is 4.77. The molecule has 0 aliphatic carbocycles. The summed E-state index contributed by atoms with van der Waals surface area (Å²) in [5, 5.41) is 14.1. The van der Waals surface area contributed by atoms with E-state index in [2.05, 4.69) is 10.2 Å². The van der Waals surface area contributed by atoms with E-state index in [1.165, 1.54) is 13.2 Å². The molecule has 7 heteroatoms. The van der Waals surface area contributed by atoms with Gasteiger partial charge in [0.25, 0.3) is 5.69 Å². The predicted octanol–water partition coefficient (Wildman–Crippen LogP) is 1.27. The van der Waals surface area contributed by atoms with Crippen molar-refractivity contribution in [2.75, 3.05) is 47.5 Å². The van der Waals surface area contributed by atoms with Gasteiger partial charge in [0.15, 0.2) is 0 Å². The Bertz CT molecular complexity index is 454. The molecule has 0 saturated carbocycles. The Hall–Kier alpha value is -1.70. The topological polar surface area (TPSA) is 76.9 Å². The molecule has 118 valence electrons. The minimum absolute atomic E-state index is 0.0448. The summed E-state index contributed by atoms with van der Waals surface area (Å²) >= 11 is 0. The number of methoxy groups -OCH3 is 2. The molecule has 0 heterocycles. The molecule has 0 aliphatic heterocycles. The van der Waals surface area contributed by atoms with E-state index < -0.39 is 4.92 Å². The quantitative estimate of drug-likeness (QED) is 0.398. The molecule has 0 amide bonds. The molecular weight excluding hydrogens is 274 g/mol. The maximum atomic E-state index is 10.9. The second kappa shape index (κ2) is 9.28. The lowest BCUT2D eigenvalue weighted by Crippen LogP contribution is -2.31. The van der Waals surface area contributed by atoms with E-state index in [1.54, 1.807) is 19.2 Å². The first kappa shape index (κ1) is 17.4. The van der Waals surface area contributed by atoms with E-state index in [4.69, 9.17) is 9.47 Å². The lowest BCUT2D eigenvalue weighted by atomic mass is 10.2. The van der Waals surface area contributed by atoms with Crippen LogP contribution in [0, 0.1) is 10.1 Å². The number of rotatable bonds is 10. The fourth-order valence-electron chi connectivity index (χ4n) is 1.83. The molecule has 0 unspecified atom stereocenters. The van der Waals surface area contributed by atoms with Gasteiger partial charge in [-0.1, -0.05) is 0 Å². The van der Waals surface area contributed by atoms with Crippen molar-refractivity contribution in [3.63, 3.8) is 0 Å². The number of nitro benzene ring substituents is 1. The van der Waals surface area contributed by atoms with Crippen LogP contribution in [0.4, 0.5) is 5.69 Å². The molecule has 0 radical (unpaired) electrons. The van der Waals surface area contributed by atoms with E-state index in [1.807, 2.05) is 7.05 Å². The molecular formula is C14H23N3O4. The first-order chi connectivity index (χ1) is 10.1. The lowest BCUT2D eigenvalue weighted by Gasteiger charge is -2.16. The number of hydrogen-bond donors (Lipinski definition) is 1. The summed E-state index contributed by atoms with van der Waals surface area (Å²) < 4.78 is 10.1. The highest BCUT2D eigenvalue weighted by Gasteiger charge is 2.10. The van der Waals surface area contributed by atoms with Crippen LogP contribution in [-0.2, 0) is 11.3 Å². The Balaban J connectivity index is 2.44. The van der Waals surface area contributed by atoms with E-state index in [0.717, 1.165) is 25.2 Å². The van der Waals surface area contributed by atoms with Gasteiger partial charge < -0.3 is 19.7 Å². The van der Waals surface area contributed by atoms with Crippen LogP contribution in [0.2, 0.25) is 0 Å². The van der Waals surface area contributed by atoms with Crippen molar-refractivity contribution in [1.82, 2.24) is 10.2 Å². The molecule has 1 N–H and O–H groups in total. The van der Waals surface area contributed by atoms with Crippen LogP contribution in [0.3, 0.4) is 0 Å². The average molecular weight is 297 g/mol. The average Bonchev–Trinajstić information content (AvgIpc) is 2.49. The molecule has 0 fully saturated rings.